The number of carboxylic acids is 1. The quantitative estimate of drug-likeness (QED) is 0.769. The van der Waals surface area contributed by atoms with E-state index in [0.29, 0.717) is 6.42 Å². The van der Waals surface area contributed by atoms with Gasteiger partial charge >= 0.3 is 5.97 Å². The normalized spacial score (nSPS) is 13.1. The highest BCUT2D eigenvalue weighted by atomic mass is 35.5. The highest BCUT2D eigenvalue weighted by molar-refractivity contribution is 7.98. The van der Waals surface area contributed by atoms with E-state index in [2.05, 4.69) is 4.72 Å². The number of halogens is 2. The predicted octanol–water partition coefficient (Wildman–Crippen LogP) is 3.11. The molecular formula is C12H15Cl2NO4S2. The number of aromatic carboxylic acids is 1. The lowest BCUT2D eigenvalue weighted by Crippen LogP contribution is -2.33. The molecule has 0 amide bonds. The van der Waals surface area contributed by atoms with Gasteiger partial charge in [0.05, 0.1) is 15.6 Å². The Kier molecular flexibility index (Phi) is 6.80. The van der Waals surface area contributed by atoms with Crippen LogP contribution in [0.4, 0.5) is 0 Å². The van der Waals surface area contributed by atoms with Crippen molar-refractivity contribution >= 4 is 51.0 Å². The van der Waals surface area contributed by atoms with Gasteiger partial charge in [-0.15, -0.1) is 0 Å². The Labute approximate surface area is 138 Å². The minimum absolute atomic E-state index is 0.109. The third kappa shape index (κ3) is 5.03. The van der Waals surface area contributed by atoms with Gasteiger partial charge in [-0.2, -0.15) is 11.8 Å². The molecule has 1 rings (SSSR count). The topological polar surface area (TPSA) is 83.5 Å². The van der Waals surface area contributed by atoms with Crippen molar-refractivity contribution in [2.75, 3.05) is 12.0 Å². The molecule has 0 heterocycles. The second kappa shape index (κ2) is 7.69. The summed E-state index contributed by atoms with van der Waals surface area (Å²) in [5.74, 6) is -0.512. The lowest BCUT2D eigenvalue weighted by Gasteiger charge is -2.15. The molecule has 5 nitrogen and oxygen atoms in total. The van der Waals surface area contributed by atoms with Gasteiger partial charge in [-0.05, 0) is 37.5 Å². The average Bonchev–Trinajstić information content (AvgIpc) is 2.34. The summed E-state index contributed by atoms with van der Waals surface area (Å²) in [6, 6.07) is 1.80. The van der Waals surface area contributed by atoms with Gasteiger partial charge in [-0.3, -0.25) is 0 Å². The summed E-state index contributed by atoms with van der Waals surface area (Å²) in [5, 5.41) is 8.77. The Balaban J connectivity index is 3.13. The maximum absolute atomic E-state index is 12.3. The number of hydrogen-bond acceptors (Lipinski definition) is 4. The number of hydrogen-bond donors (Lipinski definition) is 2. The van der Waals surface area contributed by atoms with Gasteiger partial charge in [-0.25, -0.2) is 17.9 Å². The van der Waals surface area contributed by atoms with Crippen molar-refractivity contribution in [3.8, 4) is 0 Å². The molecule has 1 unspecified atom stereocenters. The van der Waals surface area contributed by atoms with Crippen LogP contribution in [-0.2, 0) is 10.0 Å². The summed E-state index contributed by atoms with van der Waals surface area (Å²) in [6.07, 6.45) is 2.58. The molecule has 1 aromatic carbocycles. The maximum Gasteiger partial charge on any atom is 0.337 e. The Bertz CT molecular complexity index is 634. The van der Waals surface area contributed by atoms with Crippen molar-refractivity contribution in [3.63, 3.8) is 0 Å². The van der Waals surface area contributed by atoms with Crippen molar-refractivity contribution in [1.82, 2.24) is 4.72 Å². The zero-order valence-corrected chi connectivity index (χ0v) is 14.5. The largest absolute Gasteiger partial charge is 0.478 e. The molecule has 0 radical (unpaired) electrons. The molecule has 0 aliphatic carbocycles. The van der Waals surface area contributed by atoms with E-state index in [1.807, 2.05) is 6.26 Å². The van der Waals surface area contributed by atoms with E-state index in [1.165, 1.54) is 0 Å². The van der Waals surface area contributed by atoms with Crippen LogP contribution < -0.4 is 4.72 Å². The fourth-order valence-corrected chi connectivity index (χ4v) is 4.30. The van der Waals surface area contributed by atoms with Gasteiger partial charge in [0, 0.05) is 6.04 Å². The van der Waals surface area contributed by atoms with Crippen LogP contribution >= 0.6 is 35.0 Å². The van der Waals surface area contributed by atoms with Gasteiger partial charge in [0.1, 0.15) is 4.90 Å². The first-order valence-electron chi connectivity index (χ1n) is 5.92. The monoisotopic (exact) mass is 371 g/mol. The second-order valence-electron chi connectivity index (χ2n) is 4.37. The standard InChI is InChI=1S/C12H15Cl2NO4S2/c1-7(3-4-20-2)15-21(18,19)11-5-8(12(16)17)9(13)6-10(11)14/h5-7,15H,3-4H2,1-2H3,(H,16,17). The Morgan fingerprint density at radius 2 is 2.00 bits per heavy atom. The molecule has 0 aliphatic rings. The van der Waals surface area contributed by atoms with E-state index in [-0.39, 0.29) is 26.5 Å². The van der Waals surface area contributed by atoms with Crippen LogP contribution in [0.15, 0.2) is 17.0 Å². The van der Waals surface area contributed by atoms with E-state index < -0.39 is 16.0 Å². The average molecular weight is 372 g/mol. The van der Waals surface area contributed by atoms with Crippen LogP contribution in [0.25, 0.3) is 0 Å². The minimum atomic E-state index is -3.91. The third-order valence-electron chi connectivity index (χ3n) is 2.65. The Morgan fingerprint density at radius 1 is 1.38 bits per heavy atom. The Morgan fingerprint density at radius 3 is 2.52 bits per heavy atom. The van der Waals surface area contributed by atoms with Crippen LogP contribution in [0.5, 0.6) is 0 Å². The summed E-state index contributed by atoms with van der Waals surface area (Å²) < 4.78 is 27.0. The van der Waals surface area contributed by atoms with Gasteiger partial charge in [0.2, 0.25) is 10.0 Å². The van der Waals surface area contributed by atoms with Crippen LogP contribution in [0.1, 0.15) is 23.7 Å². The molecule has 9 heteroatoms. The number of carboxylic acid groups (broad SMARTS) is 1. The molecule has 0 spiro atoms. The Hall–Kier alpha value is -0.470. The summed E-state index contributed by atoms with van der Waals surface area (Å²) in [5.41, 5.74) is -0.307. The van der Waals surface area contributed by atoms with Crippen LogP contribution in [0.2, 0.25) is 10.0 Å². The first-order chi connectivity index (χ1) is 9.69. The van der Waals surface area contributed by atoms with E-state index in [0.717, 1.165) is 17.9 Å². The number of thioether (sulfide) groups is 1. The zero-order chi connectivity index (χ0) is 16.2. The summed E-state index contributed by atoms with van der Waals surface area (Å²) in [4.78, 5) is 10.7. The van der Waals surface area contributed by atoms with Crippen LogP contribution in [0.3, 0.4) is 0 Å². The summed E-state index contributed by atoms with van der Waals surface area (Å²) in [7, 11) is -3.91. The maximum atomic E-state index is 12.3. The minimum Gasteiger partial charge on any atom is -0.478 e. The van der Waals surface area contributed by atoms with Crippen LogP contribution in [-0.4, -0.2) is 37.5 Å². The van der Waals surface area contributed by atoms with Gasteiger partial charge in [0.25, 0.3) is 0 Å². The van der Waals surface area contributed by atoms with E-state index >= 15 is 0 Å². The van der Waals surface area contributed by atoms with Gasteiger partial charge in [0.15, 0.2) is 0 Å². The zero-order valence-electron chi connectivity index (χ0n) is 11.4. The lowest BCUT2D eigenvalue weighted by molar-refractivity contribution is 0.0697. The van der Waals surface area contributed by atoms with Gasteiger partial charge < -0.3 is 5.11 Å². The van der Waals surface area contributed by atoms with E-state index in [1.54, 1.807) is 18.7 Å². The lowest BCUT2D eigenvalue weighted by atomic mass is 10.2. The number of benzene rings is 1. The van der Waals surface area contributed by atoms with Crippen LogP contribution in [0, 0.1) is 0 Å². The first-order valence-corrected chi connectivity index (χ1v) is 9.56. The number of carbonyl (C=O) groups is 1. The number of sulfonamides is 1. The first kappa shape index (κ1) is 18.6. The van der Waals surface area contributed by atoms with E-state index in [9.17, 15) is 13.2 Å². The molecule has 0 bridgehead atoms. The summed E-state index contributed by atoms with van der Waals surface area (Å²) in [6.45, 7) is 1.73. The van der Waals surface area contributed by atoms with Crippen molar-refractivity contribution in [3.05, 3.63) is 27.7 Å². The fourth-order valence-electron chi connectivity index (χ4n) is 1.58. The molecule has 0 aliphatic heterocycles. The van der Waals surface area contributed by atoms with Crippen molar-refractivity contribution < 1.29 is 18.3 Å². The molecule has 21 heavy (non-hydrogen) atoms. The third-order valence-corrected chi connectivity index (χ3v) is 5.66. The number of nitrogens with one attached hydrogen (secondary N) is 1. The molecule has 118 valence electrons. The molecule has 1 aromatic rings. The summed E-state index contributed by atoms with van der Waals surface area (Å²) >= 11 is 13.2. The van der Waals surface area contributed by atoms with E-state index in [4.69, 9.17) is 28.3 Å². The fraction of sp³-hybridized carbons (Fsp3) is 0.417. The molecule has 2 N–H and O–H groups in total. The molecule has 1 atom stereocenters. The highest BCUT2D eigenvalue weighted by Crippen LogP contribution is 2.29. The number of rotatable bonds is 7. The molecule has 0 saturated carbocycles. The smallest absolute Gasteiger partial charge is 0.337 e. The van der Waals surface area contributed by atoms with Crippen molar-refractivity contribution in [1.29, 1.82) is 0 Å². The highest BCUT2D eigenvalue weighted by Gasteiger charge is 2.23. The van der Waals surface area contributed by atoms with Crippen molar-refractivity contribution in [2.24, 2.45) is 0 Å². The van der Waals surface area contributed by atoms with Crippen molar-refractivity contribution in [2.45, 2.75) is 24.3 Å². The predicted molar refractivity (Wildman–Crippen MR) is 86.2 cm³/mol. The molecular weight excluding hydrogens is 357 g/mol. The molecule has 0 saturated heterocycles. The molecule has 0 fully saturated rings. The van der Waals surface area contributed by atoms with Gasteiger partial charge in [-0.1, -0.05) is 23.2 Å². The second-order valence-corrected chi connectivity index (χ2v) is 7.85. The SMILES string of the molecule is CSCCC(C)NS(=O)(=O)c1cc(C(=O)O)c(Cl)cc1Cl. The molecule has 0 aromatic heterocycles.